The van der Waals surface area contributed by atoms with Gasteiger partial charge in [0.15, 0.2) is 5.82 Å². The summed E-state index contributed by atoms with van der Waals surface area (Å²) in [6.45, 7) is 6.58. The predicted molar refractivity (Wildman–Crippen MR) is 132 cm³/mol. The van der Waals surface area contributed by atoms with Gasteiger partial charge in [0.25, 0.3) is 15.9 Å². The summed E-state index contributed by atoms with van der Waals surface area (Å²) in [6, 6.07) is 12.2. The fourth-order valence-electron chi connectivity index (χ4n) is 2.45. The maximum Gasteiger partial charge on any atom is 0.268 e. The van der Waals surface area contributed by atoms with Crippen molar-refractivity contribution in [2.24, 2.45) is 0 Å². The number of benzene rings is 1. The number of ether oxygens (including phenoxy) is 1. The van der Waals surface area contributed by atoms with Crippen LogP contribution >= 0.6 is 21.6 Å². The summed E-state index contributed by atoms with van der Waals surface area (Å²) >= 11 is 6.19. The number of sulfonamides is 1. The molecule has 0 bridgehead atoms. The van der Waals surface area contributed by atoms with Crippen LogP contribution in [0.25, 0.3) is 5.82 Å². The van der Waals surface area contributed by atoms with Crippen LogP contribution in [-0.2, 0) is 10.0 Å². The van der Waals surface area contributed by atoms with Crippen LogP contribution in [0.1, 0.15) is 31.1 Å². The van der Waals surface area contributed by atoms with Gasteiger partial charge in [-0.3, -0.25) is 4.79 Å². The molecule has 0 spiro atoms. The Morgan fingerprint density at radius 3 is 2.36 bits per heavy atom. The van der Waals surface area contributed by atoms with E-state index in [0.717, 1.165) is 0 Å². The molecule has 1 amide bonds. The van der Waals surface area contributed by atoms with E-state index in [1.54, 1.807) is 30.5 Å². The number of amides is 1. The number of carbonyl (C=O) groups excluding carboxylic acids is 1. The van der Waals surface area contributed by atoms with E-state index in [1.807, 2.05) is 4.72 Å². The highest BCUT2D eigenvalue weighted by molar-refractivity contribution is 8.33. The number of nitrogens with one attached hydrogen (secondary N) is 1. The molecule has 2 aromatic heterocycles. The summed E-state index contributed by atoms with van der Waals surface area (Å²) in [5, 5.41) is 4.22. The van der Waals surface area contributed by atoms with Crippen LogP contribution in [-0.4, -0.2) is 52.3 Å². The quantitative estimate of drug-likeness (QED) is 0.477. The fourth-order valence-corrected chi connectivity index (χ4v) is 4.45. The highest BCUT2D eigenvalue weighted by Crippen LogP contribution is 2.52. The zero-order chi connectivity index (χ0) is 24.4. The first-order valence-corrected chi connectivity index (χ1v) is 14.5. The zero-order valence-electron chi connectivity index (χ0n) is 19.1. The van der Waals surface area contributed by atoms with Crippen molar-refractivity contribution in [3.8, 4) is 11.7 Å². The minimum atomic E-state index is -4.03. The Hall–Kier alpha value is -2.56. The third-order valence-corrected chi connectivity index (χ3v) is 11.0. The summed E-state index contributed by atoms with van der Waals surface area (Å²) < 4.78 is 34.3. The number of rotatable bonds is 7. The van der Waals surface area contributed by atoms with Crippen molar-refractivity contribution in [1.29, 1.82) is 0 Å². The molecule has 1 N–H and O–H groups in total. The van der Waals surface area contributed by atoms with Crippen molar-refractivity contribution in [2.45, 2.75) is 30.4 Å². The van der Waals surface area contributed by atoms with Crippen molar-refractivity contribution in [3.05, 3.63) is 65.4 Å². The number of hydrogen-bond donors (Lipinski definition) is 1. The van der Waals surface area contributed by atoms with Crippen molar-refractivity contribution in [2.75, 3.05) is 18.5 Å². The van der Waals surface area contributed by atoms with E-state index < -0.39 is 26.0 Å². The summed E-state index contributed by atoms with van der Waals surface area (Å²) in [5.41, 5.74) is -0.0703. The second-order valence-corrected chi connectivity index (χ2v) is 15.3. The fraction of sp³-hybridized carbons (Fsp3) is 0.318. The molecular formula is C22H27ClN4O4S2. The maximum atomic E-state index is 12.5. The minimum Gasteiger partial charge on any atom is -0.467 e. The van der Waals surface area contributed by atoms with E-state index in [2.05, 4.69) is 43.4 Å². The standard InChI is InChI=1S/C22H27ClN4O4S2/c1-22(2,3)32(4,5)15-31-19-13-14-27(25-19)18-12-11-17(20(23)24-18)21(28)26-33(29,30)16-9-7-6-8-10-16/h6-14H,15H2,1-5H3,(H,26,28). The molecule has 0 fully saturated rings. The first-order chi connectivity index (χ1) is 15.3. The van der Waals surface area contributed by atoms with Gasteiger partial charge in [-0.25, -0.2) is 32.8 Å². The van der Waals surface area contributed by atoms with Gasteiger partial charge in [-0.2, -0.15) is 0 Å². The number of aromatic nitrogens is 3. The summed E-state index contributed by atoms with van der Waals surface area (Å²) in [6.07, 6.45) is 6.10. The van der Waals surface area contributed by atoms with E-state index >= 15 is 0 Å². The van der Waals surface area contributed by atoms with Gasteiger partial charge in [-0.15, -0.1) is 5.10 Å². The largest absolute Gasteiger partial charge is 0.467 e. The Morgan fingerprint density at radius 1 is 1.09 bits per heavy atom. The molecule has 0 saturated heterocycles. The Morgan fingerprint density at radius 2 is 1.76 bits per heavy atom. The van der Waals surface area contributed by atoms with Crippen molar-refractivity contribution < 1.29 is 17.9 Å². The van der Waals surface area contributed by atoms with Crippen LogP contribution in [0.5, 0.6) is 5.88 Å². The molecule has 0 aliphatic carbocycles. The number of carbonyl (C=O) groups is 1. The Labute approximate surface area is 200 Å². The second kappa shape index (κ2) is 9.36. The Kier molecular flexibility index (Phi) is 7.11. The average Bonchev–Trinajstić information content (AvgIpc) is 3.21. The van der Waals surface area contributed by atoms with Crippen LogP contribution < -0.4 is 9.46 Å². The maximum absolute atomic E-state index is 12.5. The van der Waals surface area contributed by atoms with Gasteiger partial charge in [0.2, 0.25) is 5.88 Å². The molecule has 178 valence electrons. The van der Waals surface area contributed by atoms with Crippen LogP contribution in [0.4, 0.5) is 0 Å². The van der Waals surface area contributed by atoms with E-state index in [-0.39, 0.29) is 20.4 Å². The van der Waals surface area contributed by atoms with E-state index in [1.165, 1.54) is 28.9 Å². The molecule has 33 heavy (non-hydrogen) atoms. The molecule has 0 unspecified atom stereocenters. The minimum absolute atomic E-state index is 0.0282. The van der Waals surface area contributed by atoms with E-state index in [4.69, 9.17) is 16.3 Å². The topological polar surface area (TPSA) is 103 Å². The van der Waals surface area contributed by atoms with Gasteiger partial charge in [0, 0.05) is 12.3 Å². The Bertz CT molecular complexity index is 1250. The molecule has 0 aliphatic heterocycles. The van der Waals surface area contributed by atoms with Crippen LogP contribution in [0.2, 0.25) is 5.15 Å². The molecule has 0 atom stereocenters. The van der Waals surface area contributed by atoms with Gasteiger partial charge in [0.05, 0.1) is 10.5 Å². The summed E-state index contributed by atoms with van der Waals surface area (Å²) in [7, 11) is -5.04. The molecule has 0 aliphatic rings. The van der Waals surface area contributed by atoms with Gasteiger partial charge < -0.3 is 4.74 Å². The molecule has 3 aromatic rings. The van der Waals surface area contributed by atoms with Crippen LogP contribution in [0.3, 0.4) is 0 Å². The van der Waals surface area contributed by atoms with Gasteiger partial charge in [-0.1, -0.05) is 50.6 Å². The van der Waals surface area contributed by atoms with Crippen molar-refractivity contribution in [3.63, 3.8) is 0 Å². The normalized spacial score (nSPS) is 12.9. The summed E-state index contributed by atoms with van der Waals surface area (Å²) in [5.74, 6) is 0.504. The first-order valence-electron chi connectivity index (χ1n) is 9.98. The number of nitrogens with zero attached hydrogens (tertiary/aromatic N) is 3. The van der Waals surface area contributed by atoms with Gasteiger partial charge in [-0.05, 0) is 41.5 Å². The third-order valence-electron chi connectivity index (χ3n) is 5.32. The lowest BCUT2D eigenvalue weighted by molar-refractivity contribution is 0.0981. The van der Waals surface area contributed by atoms with E-state index in [0.29, 0.717) is 17.6 Å². The SMILES string of the molecule is CC(C)(C)S(C)(C)COc1ccn(-c2ccc(C(=O)NS(=O)(=O)c3ccccc3)c(Cl)n2)n1. The Balaban J connectivity index is 1.73. The molecule has 8 nitrogen and oxygen atoms in total. The molecule has 0 radical (unpaired) electrons. The number of hydrogen-bond acceptors (Lipinski definition) is 6. The zero-order valence-corrected chi connectivity index (χ0v) is 21.5. The van der Waals surface area contributed by atoms with Crippen LogP contribution in [0.15, 0.2) is 59.6 Å². The molecule has 2 heterocycles. The molecule has 3 rings (SSSR count). The molecule has 0 saturated carbocycles. The smallest absolute Gasteiger partial charge is 0.268 e. The lowest BCUT2D eigenvalue weighted by Crippen LogP contribution is -2.31. The molecule has 1 aromatic carbocycles. The first kappa shape index (κ1) is 25.1. The van der Waals surface area contributed by atoms with Gasteiger partial charge >= 0.3 is 0 Å². The monoisotopic (exact) mass is 510 g/mol. The second-order valence-electron chi connectivity index (χ2n) is 8.77. The average molecular weight is 511 g/mol. The van der Waals surface area contributed by atoms with Crippen molar-refractivity contribution in [1.82, 2.24) is 19.5 Å². The molecule has 11 heteroatoms. The third kappa shape index (κ3) is 5.87. The highest BCUT2D eigenvalue weighted by atomic mass is 35.5. The highest BCUT2D eigenvalue weighted by Gasteiger charge is 2.28. The van der Waals surface area contributed by atoms with Gasteiger partial charge in [0.1, 0.15) is 11.1 Å². The van der Waals surface area contributed by atoms with E-state index in [9.17, 15) is 13.2 Å². The number of halogens is 1. The summed E-state index contributed by atoms with van der Waals surface area (Å²) in [4.78, 5) is 16.7. The molecular weight excluding hydrogens is 484 g/mol. The lowest BCUT2D eigenvalue weighted by Gasteiger charge is -2.43. The van der Waals surface area contributed by atoms with Crippen LogP contribution in [0, 0.1) is 0 Å². The van der Waals surface area contributed by atoms with Crippen molar-refractivity contribution >= 4 is 37.6 Å². The lowest BCUT2D eigenvalue weighted by atomic mass is 10.3. The predicted octanol–water partition coefficient (Wildman–Crippen LogP) is 4.24. The number of pyridine rings is 1.